The van der Waals surface area contributed by atoms with Gasteiger partial charge in [0.05, 0.1) is 6.04 Å². The van der Waals surface area contributed by atoms with Gasteiger partial charge in [0.1, 0.15) is 12.1 Å². The molecule has 0 aliphatic carbocycles. The fraction of sp³-hybridized carbons (Fsp3) is 0.522. The van der Waals surface area contributed by atoms with Crippen LogP contribution in [-0.4, -0.2) is 46.0 Å². The maximum absolute atomic E-state index is 13.1. The van der Waals surface area contributed by atoms with Crippen molar-refractivity contribution in [1.82, 2.24) is 21.1 Å². The van der Waals surface area contributed by atoms with E-state index in [2.05, 4.69) is 15.6 Å². The summed E-state index contributed by atoms with van der Waals surface area (Å²) in [4.78, 5) is 41.2. The van der Waals surface area contributed by atoms with Gasteiger partial charge in [0.2, 0.25) is 11.8 Å². The number of fused-ring (bicyclic) bond motifs is 1. The Labute approximate surface area is 188 Å². The van der Waals surface area contributed by atoms with E-state index in [-0.39, 0.29) is 18.3 Å². The number of aromatic nitrogens is 1. The fourth-order valence-corrected chi connectivity index (χ4v) is 3.53. The molecule has 7 N–H and O–H groups in total. The van der Waals surface area contributed by atoms with E-state index in [9.17, 15) is 19.6 Å². The molecule has 9 heteroatoms. The highest BCUT2D eigenvalue weighted by molar-refractivity contribution is 5.93. The number of amides is 3. The minimum atomic E-state index is -1.03. The maximum atomic E-state index is 13.1. The van der Waals surface area contributed by atoms with Crippen molar-refractivity contribution in [2.24, 2.45) is 17.6 Å². The van der Waals surface area contributed by atoms with Gasteiger partial charge in [-0.2, -0.15) is 0 Å². The maximum Gasteiger partial charge on any atom is 0.266 e. The van der Waals surface area contributed by atoms with Crippen LogP contribution in [0.1, 0.15) is 46.1 Å². The predicted octanol–water partition coefficient (Wildman–Crippen LogP) is 1.60. The topological polar surface area (TPSA) is 149 Å². The quantitative estimate of drug-likeness (QED) is 0.229. The van der Waals surface area contributed by atoms with Gasteiger partial charge in [-0.1, -0.05) is 58.7 Å². The molecule has 1 aromatic heterocycles. The standard InChI is InChI=1S/C23H35N5O4/c1-5-13(3)19(24)22(30)27-20(14(4)6-2)23(31)26-18(21(29)28-32)11-15-12-25-17-10-8-7-9-16(15)17/h7-10,12-14,18-20,25,32H,5-6,11,24H2,1-4H3,(H,26,31)(H,27,30)(H,28,29)/t13-,14-,18-,19-,20-/m0/s1. The smallest absolute Gasteiger partial charge is 0.266 e. The number of nitrogens with two attached hydrogens (primary N) is 1. The van der Waals surface area contributed by atoms with Crippen LogP contribution in [0, 0.1) is 11.8 Å². The largest absolute Gasteiger partial charge is 0.361 e. The summed E-state index contributed by atoms with van der Waals surface area (Å²) in [5.74, 6) is -1.87. The number of carbonyl (C=O) groups excluding carboxylic acids is 3. The first-order valence-electron chi connectivity index (χ1n) is 11.1. The van der Waals surface area contributed by atoms with Crippen molar-refractivity contribution in [2.75, 3.05) is 0 Å². The van der Waals surface area contributed by atoms with Gasteiger partial charge in [-0.3, -0.25) is 19.6 Å². The Morgan fingerprint density at radius 1 is 1.00 bits per heavy atom. The predicted molar refractivity (Wildman–Crippen MR) is 123 cm³/mol. The van der Waals surface area contributed by atoms with E-state index < -0.39 is 35.8 Å². The molecule has 0 saturated heterocycles. The molecule has 5 atom stereocenters. The number of H-pyrrole nitrogens is 1. The number of aromatic amines is 1. The SMILES string of the molecule is CC[C@H](C)[C@H](N)C(=O)N[C@H](C(=O)N[C@@H](Cc1c[nH]c2ccccc12)C(=O)NO)[C@@H](C)CC. The lowest BCUT2D eigenvalue weighted by atomic mass is 9.95. The first-order chi connectivity index (χ1) is 15.2. The number of hydrogen-bond acceptors (Lipinski definition) is 5. The Bertz CT molecular complexity index is 928. The molecule has 0 aliphatic rings. The summed E-state index contributed by atoms with van der Waals surface area (Å²) in [5, 5.41) is 15.6. The molecule has 1 heterocycles. The molecular weight excluding hydrogens is 410 g/mol. The van der Waals surface area contributed by atoms with Gasteiger partial charge in [-0.25, -0.2) is 5.48 Å². The molecule has 2 rings (SSSR count). The number of nitrogens with one attached hydrogen (secondary N) is 4. The normalized spacial score (nSPS) is 15.9. The molecule has 1 aromatic carbocycles. The third-order valence-electron chi connectivity index (χ3n) is 6.20. The zero-order chi connectivity index (χ0) is 23.8. The first kappa shape index (κ1) is 25.4. The van der Waals surface area contributed by atoms with Crippen molar-refractivity contribution in [3.8, 4) is 0 Å². The van der Waals surface area contributed by atoms with E-state index in [1.54, 1.807) is 11.7 Å². The number of para-hydroxylation sites is 1. The van der Waals surface area contributed by atoms with Crippen molar-refractivity contribution in [3.63, 3.8) is 0 Å². The van der Waals surface area contributed by atoms with E-state index >= 15 is 0 Å². The van der Waals surface area contributed by atoms with E-state index in [1.807, 2.05) is 52.0 Å². The molecule has 32 heavy (non-hydrogen) atoms. The van der Waals surface area contributed by atoms with Gasteiger partial charge in [0, 0.05) is 23.5 Å². The summed E-state index contributed by atoms with van der Waals surface area (Å²) in [6.07, 6.45) is 3.30. The molecular formula is C23H35N5O4. The van der Waals surface area contributed by atoms with E-state index in [1.165, 1.54) is 0 Å². The van der Waals surface area contributed by atoms with Crippen molar-refractivity contribution in [3.05, 3.63) is 36.0 Å². The van der Waals surface area contributed by atoms with Gasteiger partial charge >= 0.3 is 0 Å². The zero-order valence-electron chi connectivity index (χ0n) is 19.1. The Kier molecular flexibility index (Phi) is 9.22. The van der Waals surface area contributed by atoms with Crippen LogP contribution in [0.5, 0.6) is 0 Å². The van der Waals surface area contributed by atoms with Crippen LogP contribution in [0.2, 0.25) is 0 Å². The van der Waals surface area contributed by atoms with E-state index in [0.717, 1.165) is 22.9 Å². The number of carbonyl (C=O) groups is 3. The summed E-state index contributed by atoms with van der Waals surface area (Å²) < 4.78 is 0. The van der Waals surface area contributed by atoms with E-state index in [0.29, 0.717) is 6.42 Å². The van der Waals surface area contributed by atoms with Crippen LogP contribution < -0.4 is 21.8 Å². The molecule has 0 spiro atoms. The van der Waals surface area contributed by atoms with Crippen LogP contribution in [0.25, 0.3) is 10.9 Å². The fourth-order valence-electron chi connectivity index (χ4n) is 3.53. The van der Waals surface area contributed by atoms with Gasteiger partial charge in [-0.15, -0.1) is 0 Å². The van der Waals surface area contributed by atoms with Crippen LogP contribution >= 0.6 is 0 Å². The highest BCUT2D eigenvalue weighted by atomic mass is 16.5. The number of hydroxylamine groups is 1. The first-order valence-corrected chi connectivity index (χ1v) is 11.1. The second-order valence-corrected chi connectivity index (χ2v) is 8.38. The molecule has 2 aromatic rings. The lowest BCUT2D eigenvalue weighted by molar-refractivity contribution is -0.136. The van der Waals surface area contributed by atoms with Gasteiger partial charge < -0.3 is 21.4 Å². The minimum absolute atomic E-state index is 0.0366. The Balaban J connectivity index is 2.20. The van der Waals surface area contributed by atoms with Crippen LogP contribution in [0.4, 0.5) is 0 Å². The highest BCUT2D eigenvalue weighted by Gasteiger charge is 2.32. The average Bonchev–Trinajstić information content (AvgIpc) is 3.22. The number of hydrogen-bond donors (Lipinski definition) is 6. The second-order valence-electron chi connectivity index (χ2n) is 8.38. The lowest BCUT2D eigenvalue weighted by Gasteiger charge is -2.28. The molecule has 9 nitrogen and oxygen atoms in total. The zero-order valence-corrected chi connectivity index (χ0v) is 19.1. The van der Waals surface area contributed by atoms with Crippen LogP contribution in [-0.2, 0) is 20.8 Å². The van der Waals surface area contributed by atoms with Gasteiger partial charge in [0.25, 0.3) is 5.91 Å². The third-order valence-corrected chi connectivity index (χ3v) is 6.20. The summed E-state index contributed by atoms with van der Waals surface area (Å²) in [5.41, 5.74) is 9.38. The van der Waals surface area contributed by atoms with Crippen molar-refractivity contribution in [2.45, 2.75) is 65.1 Å². The summed E-state index contributed by atoms with van der Waals surface area (Å²) >= 11 is 0. The lowest BCUT2D eigenvalue weighted by Crippen LogP contribution is -2.58. The van der Waals surface area contributed by atoms with Gasteiger partial charge in [-0.05, 0) is 23.5 Å². The average molecular weight is 446 g/mol. The van der Waals surface area contributed by atoms with Crippen molar-refractivity contribution < 1.29 is 19.6 Å². The highest BCUT2D eigenvalue weighted by Crippen LogP contribution is 2.19. The Morgan fingerprint density at radius 2 is 1.66 bits per heavy atom. The summed E-state index contributed by atoms with van der Waals surface area (Å²) in [6, 6.07) is 4.98. The molecule has 0 unspecified atom stereocenters. The summed E-state index contributed by atoms with van der Waals surface area (Å²) in [7, 11) is 0. The molecule has 0 fully saturated rings. The molecule has 0 radical (unpaired) electrons. The minimum Gasteiger partial charge on any atom is -0.361 e. The Morgan fingerprint density at radius 3 is 2.28 bits per heavy atom. The van der Waals surface area contributed by atoms with Gasteiger partial charge in [0.15, 0.2) is 0 Å². The molecule has 0 saturated carbocycles. The Hall–Kier alpha value is -2.91. The monoisotopic (exact) mass is 445 g/mol. The number of rotatable bonds is 11. The second kappa shape index (κ2) is 11.6. The summed E-state index contributed by atoms with van der Waals surface area (Å²) in [6.45, 7) is 7.58. The van der Waals surface area contributed by atoms with Crippen LogP contribution in [0.3, 0.4) is 0 Å². The van der Waals surface area contributed by atoms with Crippen molar-refractivity contribution in [1.29, 1.82) is 0 Å². The van der Waals surface area contributed by atoms with E-state index in [4.69, 9.17) is 5.73 Å². The molecule has 176 valence electrons. The molecule has 0 aliphatic heterocycles. The van der Waals surface area contributed by atoms with Crippen molar-refractivity contribution >= 4 is 28.6 Å². The third kappa shape index (κ3) is 6.08. The molecule has 3 amide bonds. The number of benzene rings is 1. The van der Waals surface area contributed by atoms with Crippen LogP contribution in [0.15, 0.2) is 30.5 Å². The molecule has 0 bridgehead atoms.